The lowest BCUT2D eigenvalue weighted by molar-refractivity contribution is 0.378. The lowest BCUT2D eigenvalue weighted by Gasteiger charge is -2.20. The van der Waals surface area contributed by atoms with Crippen molar-refractivity contribution in [1.82, 2.24) is 5.32 Å². The summed E-state index contributed by atoms with van der Waals surface area (Å²) in [6, 6.07) is 1.24. The van der Waals surface area contributed by atoms with Crippen LogP contribution in [0.5, 0.6) is 0 Å². The van der Waals surface area contributed by atoms with Crippen LogP contribution in [0.1, 0.15) is 49.4 Å². The van der Waals surface area contributed by atoms with Gasteiger partial charge >= 0.3 is 0 Å². The molecule has 3 heteroatoms. The zero-order valence-electron chi connectivity index (χ0n) is 10.8. The van der Waals surface area contributed by atoms with E-state index in [9.17, 15) is 8.78 Å². The van der Waals surface area contributed by atoms with Crippen LogP contribution in [0.3, 0.4) is 0 Å². The van der Waals surface area contributed by atoms with Crippen LogP contribution in [0, 0.1) is 24.5 Å². The van der Waals surface area contributed by atoms with Gasteiger partial charge in [0.2, 0.25) is 0 Å². The summed E-state index contributed by atoms with van der Waals surface area (Å²) in [5.41, 5.74) is 1.50. The number of nitrogens with one attached hydrogen (secondary N) is 1. The van der Waals surface area contributed by atoms with E-state index in [1.807, 2.05) is 20.8 Å². The van der Waals surface area contributed by atoms with Crippen LogP contribution in [0.25, 0.3) is 0 Å². The Labute approximate surface area is 101 Å². The van der Waals surface area contributed by atoms with E-state index in [-0.39, 0.29) is 29.5 Å². The number of halogens is 2. The van der Waals surface area contributed by atoms with E-state index in [4.69, 9.17) is 0 Å². The maximum absolute atomic E-state index is 14.2. The highest BCUT2D eigenvalue weighted by atomic mass is 19.1. The third-order valence-electron chi connectivity index (χ3n) is 3.98. The summed E-state index contributed by atoms with van der Waals surface area (Å²) in [6.07, 6.45) is 0. The molecule has 0 saturated carbocycles. The lowest BCUT2D eigenvalue weighted by Crippen LogP contribution is -2.25. The second-order valence-corrected chi connectivity index (χ2v) is 5.00. The Kier molecular flexibility index (Phi) is 3.21. The van der Waals surface area contributed by atoms with Gasteiger partial charge in [-0.1, -0.05) is 20.8 Å². The molecule has 0 fully saturated rings. The van der Waals surface area contributed by atoms with Gasteiger partial charge in [0, 0.05) is 11.6 Å². The quantitative estimate of drug-likeness (QED) is 0.830. The smallest absolute Gasteiger partial charge is 0.131 e. The van der Waals surface area contributed by atoms with Crippen LogP contribution in [-0.2, 0) is 0 Å². The summed E-state index contributed by atoms with van der Waals surface area (Å²) in [7, 11) is 0. The summed E-state index contributed by atoms with van der Waals surface area (Å²) >= 11 is 0. The second-order valence-electron chi connectivity index (χ2n) is 5.00. The molecule has 0 saturated heterocycles. The Morgan fingerprint density at radius 2 is 1.88 bits per heavy atom. The molecule has 3 unspecified atom stereocenters. The van der Waals surface area contributed by atoms with Gasteiger partial charge in [0.15, 0.2) is 0 Å². The van der Waals surface area contributed by atoms with Gasteiger partial charge in [-0.25, -0.2) is 8.78 Å². The Bertz CT molecular complexity index is 442. The number of aryl methyl sites for hydroxylation is 1. The molecule has 94 valence electrons. The Morgan fingerprint density at radius 1 is 1.24 bits per heavy atom. The molecular formula is C14H19F2N. The van der Waals surface area contributed by atoms with E-state index in [1.165, 1.54) is 6.07 Å². The number of benzene rings is 1. The first-order chi connectivity index (χ1) is 7.99. The maximum Gasteiger partial charge on any atom is 0.131 e. The fourth-order valence-electron chi connectivity index (χ4n) is 2.88. The zero-order valence-corrected chi connectivity index (χ0v) is 10.8. The van der Waals surface area contributed by atoms with Gasteiger partial charge in [0.05, 0.1) is 0 Å². The van der Waals surface area contributed by atoms with Gasteiger partial charge in [-0.3, -0.25) is 0 Å². The molecular weight excluding hydrogens is 220 g/mol. The van der Waals surface area contributed by atoms with E-state index in [0.29, 0.717) is 16.7 Å². The molecule has 0 radical (unpaired) electrons. The minimum absolute atomic E-state index is 0.0594. The molecule has 1 aliphatic rings. The van der Waals surface area contributed by atoms with E-state index >= 15 is 0 Å². The van der Waals surface area contributed by atoms with Crippen LogP contribution in [0.4, 0.5) is 8.78 Å². The molecule has 0 heterocycles. The van der Waals surface area contributed by atoms with E-state index in [0.717, 1.165) is 6.54 Å². The summed E-state index contributed by atoms with van der Waals surface area (Å²) in [6.45, 7) is 8.38. The first-order valence-electron chi connectivity index (χ1n) is 6.20. The van der Waals surface area contributed by atoms with Crippen molar-refractivity contribution >= 4 is 0 Å². The normalized spacial score (nSPS) is 27.3. The standard InChI is InChI=1S/C14H19F2N/c1-5-17-14-9(4)8(3)11-10(15)6-7(2)13(16)12(11)14/h6,8-9,14,17H,5H2,1-4H3. The van der Waals surface area contributed by atoms with Crippen molar-refractivity contribution in [2.24, 2.45) is 5.92 Å². The van der Waals surface area contributed by atoms with Gasteiger partial charge in [-0.2, -0.15) is 0 Å². The fourth-order valence-corrected chi connectivity index (χ4v) is 2.88. The number of rotatable bonds is 2. The molecule has 0 aliphatic heterocycles. The minimum Gasteiger partial charge on any atom is -0.310 e. The fraction of sp³-hybridized carbons (Fsp3) is 0.571. The van der Waals surface area contributed by atoms with Gasteiger partial charge in [0.25, 0.3) is 0 Å². The third-order valence-corrected chi connectivity index (χ3v) is 3.98. The van der Waals surface area contributed by atoms with Gasteiger partial charge in [0.1, 0.15) is 11.6 Å². The Hall–Kier alpha value is -0.960. The predicted molar refractivity (Wildman–Crippen MR) is 65.1 cm³/mol. The molecule has 1 nitrogen and oxygen atoms in total. The summed E-state index contributed by atoms with van der Waals surface area (Å²) in [4.78, 5) is 0. The van der Waals surface area contributed by atoms with Crippen molar-refractivity contribution in [3.05, 3.63) is 34.4 Å². The van der Waals surface area contributed by atoms with Crippen molar-refractivity contribution in [3.8, 4) is 0 Å². The predicted octanol–water partition coefficient (Wildman–Crippen LogP) is 3.68. The molecule has 1 aromatic carbocycles. The lowest BCUT2D eigenvalue weighted by atomic mass is 9.94. The average molecular weight is 239 g/mol. The monoisotopic (exact) mass is 239 g/mol. The van der Waals surface area contributed by atoms with E-state index in [1.54, 1.807) is 6.92 Å². The number of hydrogen-bond donors (Lipinski definition) is 1. The van der Waals surface area contributed by atoms with Crippen LogP contribution in [0.15, 0.2) is 6.07 Å². The molecule has 0 amide bonds. The molecule has 2 rings (SSSR count). The van der Waals surface area contributed by atoms with E-state index < -0.39 is 0 Å². The van der Waals surface area contributed by atoms with Crippen molar-refractivity contribution < 1.29 is 8.78 Å². The molecule has 1 N–H and O–H groups in total. The molecule has 3 atom stereocenters. The SMILES string of the molecule is CCNC1c2c(F)c(C)cc(F)c2C(C)C1C. The van der Waals surface area contributed by atoms with Gasteiger partial charge in [-0.15, -0.1) is 0 Å². The summed E-state index contributed by atoms with van der Waals surface area (Å²) in [5, 5.41) is 3.27. The molecule has 0 aromatic heterocycles. The third kappa shape index (κ3) is 1.77. The summed E-state index contributed by atoms with van der Waals surface area (Å²) in [5.74, 6) is -0.234. The highest BCUT2D eigenvalue weighted by Gasteiger charge is 2.39. The topological polar surface area (TPSA) is 12.0 Å². The highest BCUT2D eigenvalue weighted by molar-refractivity contribution is 5.44. The van der Waals surface area contributed by atoms with Crippen molar-refractivity contribution in [2.75, 3.05) is 6.54 Å². The maximum atomic E-state index is 14.2. The molecule has 0 bridgehead atoms. The van der Waals surface area contributed by atoms with Crippen LogP contribution >= 0.6 is 0 Å². The molecule has 0 spiro atoms. The van der Waals surface area contributed by atoms with Crippen LogP contribution in [-0.4, -0.2) is 6.54 Å². The highest BCUT2D eigenvalue weighted by Crippen LogP contribution is 2.47. The van der Waals surface area contributed by atoms with Crippen molar-refractivity contribution in [3.63, 3.8) is 0 Å². The molecule has 1 aromatic rings. The van der Waals surface area contributed by atoms with Crippen LogP contribution in [0.2, 0.25) is 0 Å². The first kappa shape index (κ1) is 12.5. The Balaban J connectivity index is 2.62. The molecule has 1 aliphatic carbocycles. The zero-order chi connectivity index (χ0) is 12.7. The van der Waals surface area contributed by atoms with Crippen molar-refractivity contribution in [2.45, 2.75) is 39.7 Å². The van der Waals surface area contributed by atoms with Crippen molar-refractivity contribution in [1.29, 1.82) is 0 Å². The summed E-state index contributed by atoms with van der Waals surface area (Å²) < 4.78 is 28.2. The van der Waals surface area contributed by atoms with Gasteiger partial charge < -0.3 is 5.32 Å². The first-order valence-corrected chi connectivity index (χ1v) is 6.20. The van der Waals surface area contributed by atoms with Crippen LogP contribution < -0.4 is 5.32 Å². The molecule has 17 heavy (non-hydrogen) atoms. The number of fused-ring (bicyclic) bond motifs is 1. The Morgan fingerprint density at radius 3 is 2.47 bits per heavy atom. The minimum atomic E-state index is -0.265. The average Bonchev–Trinajstić information content (AvgIpc) is 2.52. The van der Waals surface area contributed by atoms with Gasteiger partial charge in [-0.05, 0) is 42.5 Å². The van der Waals surface area contributed by atoms with E-state index in [2.05, 4.69) is 5.32 Å². The second kappa shape index (κ2) is 4.37. The largest absolute Gasteiger partial charge is 0.310 e. The number of hydrogen-bond acceptors (Lipinski definition) is 1.